The summed E-state index contributed by atoms with van der Waals surface area (Å²) in [6.07, 6.45) is -1.35. The number of primary amides is 1. The van der Waals surface area contributed by atoms with E-state index >= 15 is 0 Å². The Bertz CT molecular complexity index is 406. The molecule has 0 spiro atoms. The molecule has 1 unspecified atom stereocenters. The molecule has 86 valence electrons. The highest BCUT2D eigenvalue weighted by Crippen LogP contribution is 2.14. The molecule has 6 nitrogen and oxygen atoms in total. The number of benzene rings is 1. The maximum atomic E-state index is 10.8. The number of carbonyl (C=O) groups is 2. The van der Waals surface area contributed by atoms with Crippen LogP contribution in [0.25, 0.3) is 0 Å². The fourth-order valence-electron chi connectivity index (χ4n) is 1.13. The molecule has 1 rings (SSSR count). The molecule has 0 aromatic heterocycles. The van der Waals surface area contributed by atoms with E-state index in [9.17, 15) is 9.59 Å². The lowest BCUT2D eigenvalue weighted by atomic mass is 10.1. The summed E-state index contributed by atoms with van der Waals surface area (Å²) in [7, 11) is 0. The number of nitrogens with one attached hydrogen (secondary N) is 1. The number of para-hydroxylation sites is 1. The van der Waals surface area contributed by atoms with Crippen LogP contribution >= 0.6 is 0 Å². The van der Waals surface area contributed by atoms with Crippen molar-refractivity contribution < 1.29 is 19.8 Å². The van der Waals surface area contributed by atoms with Crippen molar-refractivity contribution in [2.75, 3.05) is 11.9 Å². The Morgan fingerprint density at radius 1 is 1.38 bits per heavy atom. The monoisotopic (exact) mass is 224 g/mol. The number of hydrogen-bond acceptors (Lipinski definition) is 4. The van der Waals surface area contributed by atoms with Crippen LogP contribution < -0.4 is 11.1 Å². The molecule has 1 amide bonds. The number of amides is 1. The van der Waals surface area contributed by atoms with E-state index in [4.69, 9.17) is 15.9 Å². The average Bonchev–Trinajstić information content (AvgIpc) is 2.25. The van der Waals surface area contributed by atoms with Crippen LogP contribution in [0.1, 0.15) is 10.4 Å². The minimum atomic E-state index is -1.35. The van der Waals surface area contributed by atoms with Crippen LogP contribution in [0.2, 0.25) is 0 Å². The zero-order chi connectivity index (χ0) is 12.1. The van der Waals surface area contributed by atoms with Gasteiger partial charge < -0.3 is 21.3 Å². The fraction of sp³-hybridized carbons (Fsp3) is 0.200. The Balaban J connectivity index is 2.74. The molecule has 16 heavy (non-hydrogen) atoms. The van der Waals surface area contributed by atoms with Gasteiger partial charge >= 0.3 is 5.97 Å². The van der Waals surface area contributed by atoms with Crippen molar-refractivity contribution in [3.8, 4) is 0 Å². The van der Waals surface area contributed by atoms with Gasteiger partial charge in [0.15, 0.2) is 0 Å². The van der Waals surface area contributed by atoms with Crippen molar-refractivity contribution in [3.05, 3.63) is 29.8 Å². The molecule has 0 fully saturated rings. The Morgan fingerprint density at radius 3 is 2.56 bits per heavy atom. The van der Waals surface area contributed by atoms with Crippen LogP contribution in [-0.2, 0) is 4.79 Å². The van der Waals surface area contributed by atoms with Crippen molar-refractivity contribution in [2.45, 2.75) is 6.10 Å². The minimum Gasteiger partial charge on any atom is -0.478 e. The van der Waals surface area contributed by atoms with E-state index in [1.165, 1.54) is 12.1 Å². The summed E-state index contributed by atoms with van der Waals surface area (Å²) in [5.74, 6) is -1.95. The molecule has 0 aliphatic rings. The van der Waals surface area contributed by atoms with Crippen LogP contribution in [-0.4, -0.2) is 34.7 Å². The molecule has 1 aromatic rings. The first-order chi connectivity index (χ1) is 7.52. The third-order valence-electron chi connectivity index (χ3n) is 1.97. The van der Waals surface area contributed by atoms with E-state index in [2.05, 4.69) is 5.32 Å². The van der Waals surface area contributed by atoms with Gasteiger partial charge in [0.25, 0.3) is 0 Å². The molecule has 6 heteroatoms. The van der Waals surface area contributed by atoms with Crippen molar-refractivity contribution >= 4 is 17.6 Å². The van der Waals surface area contributed by atoms with Crippen LogP contribution in [0.3, 0.4) is 0 Å². The Kier molecular flexibility index (Phi) is 3.84. The molecular weight excluding hydrogens is 212 g/mol. The van der Waals surface area contributed by atoms with Crippen molar-refractivity contribution in [2.24, 2.45) is 5.73 Å². The first kappa shape index (κ1) is 12.0. The summed E-state index contributed by atoms with van der Waals surface area (Å²) >= 11 is 0. The lowest BCUT2D eigenvalue weighted by Gasteiger charge is -2.11. The predicted octanol–water partition coefficient (Wildman–Crippen LogP) is -0.357. The Labute approximate surface area is 91.7 Å². The molecule has 0 radical (unpaired) electrons. The molecule has 1 aromatic carbocycles. The van der Waals surface area contributed by atoms with Gasteiger partial charge in [-0.1, -0.05) is 12.1 Å². The SMILES string of the molecule is NC(=O)C(O)CNc1ccccc1C(=O)O. The van der Waals surface area contributed by atoms with Crippen LogP contribution in [0.4, 0.5) is 5.69 Å². The van der Waals surface area contributed by atoms with E-state index in [1.807, 2.05) is 0 Å². The van der Waals surface area contributed by atoms with Gasteiger partial charge in [0, 0.05) is 12.2 Å². The van der Waals surface area contributed by atoms with Crippen LogP contribution in [0.15, 0.2) is 24.3 Å². The highest BCUT2D eigenvalue weighted by atomic mass is 16.4. The number of aliphatic hydroxyl groups is 1. The van der Waals surface area contributed by atoms with Gasteiger partial charge in [0.2, 0.25) is 5.91 Å². The largest absolute Gasteiger partial charge is 0.478 e. The number of hydrogen-bond donors (Lipinski definition) is 4. The first-order valence-electron chi connectivity index (χ1n) is 4.56. The Morgan fingerprint density at radius 2 is 2.00 bits per heavy atom. The van der Waals surface area contributed by atoms with Crippen molar-refractivity contribution in [1.82, 2.24) is 0 Å². The third-order valence-corrected chi connectivity index (χ3v) is 1.97. The average molecular weight is 224 g/mol. The second-order valence-corrected chi connectivity index (χ2v) is 3.15. The van der Waals surface area contributed by atoms with E-state index < -0.39 is 18.0 Å². The van der Waals surface area contributed by atoms with E-state index in [0.29, 0.717) is 5.69 Å². The number of carboxylic acid groups (broad SMARTS) is 1. The van der Waals surface area contributed by atoms with Crippen LogP contribution in [0, 0.1) is 0 Å². The molecule has 0 heterocycles. The van der Waals surface area contributed by atoms with Gasteiger partial charge in [0.1, 0.15) is 6.10 Å². The highest BCUT2D eigenvalue weighted by Gasteiger charge is 2.13. The maximum absolute atomic E-state index is 10.8. The van der Waals surface area contributed by atoms with Gasteiger partial charge in [0.05, 0.1) is 5.56 Å². The topological polar surface area (TPSA) is 113 Å². The van der Waals surface area contributed by atoms with Gasteiger partial charge in [-0.15, -0.1) is 0 Å². The number of aromatic carboxylic acids is 1. The van der Waals surface area contributed by atoms with Gasteiger partial charge in [-0.25, -0.2) is 4.79 Å². The Hall–Kier alpha value is -2.08. The van der Waals surface area contributed by atoms with Gasteiger partial charge in [-0.05, 0) is 12.1 Å². The quantitative estimate of drug-likeness (QED) is 0.545. The number of anilines is 1. The standard InChI is InChI=1S/C10H12N2O4/c11-9(14)8(13)5-12-7-4-2-1-3-6(7)10(15)16/h1-4,8,12-13H,5H2,(H2,11,14)(H,15,16). The lowest BCUT2D eigenvalue weighted by molar-refractivity contribution is -0.125. The molecule has 5 N–H and O–H groups in total. The lowest BCUT2D eigenvalue weighted by Crippen LogP contribution is -2.34. The normalized spacial score (nSPS) is 11.8. The van der Waals surface area contributed by atoms with Crippen molar-refractivity contribution in [1.29, 1.82) is 0 Å². The zero-order valence-electron chi connectivity index (χ0n) is 8.38. The summed E-state index contributed by atoms with van der Waals surface area (Å²) in [6, 6.07) is 6.18. The number of carbonyl (C=O) groups excluding carboxylic acids is 1. The van der Waals surface area contributed by atoms with Gasteiger partial charge in [-0.3, -0.25) is 4.79 Å². The number of aliphatic hydroxyl groups excluding tert-OH is 1. The molecule has 0 saturated heterocycles. The summed E-state index contributed by atoms with van der Waals surface area (Å²) in [6.45, 7) is -0.125. The second kappa shape index (κ2) is 5.13. The number of nitrogens with two attached hydrogens (primary N) is 1. The molecule has 0 aliphatic heterocycles. The maximum Gasteiger partial charge on any atom is 0.337 e. The second-order valence-electron chi connectivity index (χ2n) is 3.15. The first-order valence-corrected chi connectivity index (χ1v) is 4.56. The molecular formula is C10H12N2O4. The molecule has 0 bridgehead atoms. The van der Waals surface area contributed by atoms with E-state index in [0.717, 1.165) is 0 Å². The smallest absolute Gasteiger partial charge is 0.337 e. The highest BCUT2D eigenvalue weighted by molar-refractivity contribution is 5.94. The minimum absolute atomic E-state index is 0.0687. The number of carboxylic acids is 1. The predicted molar refractivity (Wildman–Crippen MR) is 57.1 cm³/mol. The summed E-state index contributed by atoms with van der Waals surface area (Å²) in [5, 5.41) is 20.6. The summed E-state index contributed by atoms with van der Waals surface area (Å²) in [4.78, 5) is 21.4. The molecule has 1 atom stereocenters. The van der Waals surface area contributed by atoms with Crippen LogP contribution in [0.5, 0.6) is 0 Å². The molecule has 0 saturated carbocycles. The summed E-state index contributed by atoms with van der Waals surface area (Å²) in [5.41, 5.74) is 5.25. The van der Waals surface area contributed by atoms with Gasteiger partial charge in [-0.2, -0.15) is 0 Å². The van der Waals surface area contributed by atoms with Crippen molar-refractivity contribution in [3.63, 3.8) is 0 Å². The third kappa shape index (κ3) is 2.96. The zero-order valence-corrected chi connectivity index (χ0v) is 8.38. The fourth-order valence-corrected chi connectivity index (χ4v) is 1.13. The number of rotatable bonds is 5. The molecule has 0 aliphatic carbocycles. The summed E-state index contributed by atoms with van der Waals surface area (Å²) < 4.78 is 0. The van der Waals surface area contributed by atoms with E-state index in [1.54, 1.807) is 12.1 Å². The van der Waals surface area contributed by atoms with E-state index in [-0.39, 0.29) is 12.1 Å².